The van der Waals surface area contributed by atoms with Crippen LogP contribution in [0.15, 0.2) is 79.0 Å². The molecule has 0 saturated carbocycles. The average Bonchev–Trinajstić information content (AvgIpc) is 3.25. The largest absolute Gasteiger partial charge is 0.322 e. The van der Waals surface area contributed by atoms with Crippen molar-refractivity contribution in [3.05, 3.63) is 109 Å². The molecule has 0 atom stereocenters. The van der Waals surface area contributed by atoms with Crippen LogP contribution in [0, 0.1) is 29.2 Å². The molecule has 6 rings (SSSR count). The van der Waals surface area contributed by atoms with Crippen molar-refractivity contribution in [3.8, 4) is 11.3 Å². The Labute approximate surface area is 227 Å². The molecule has 0 fully saturated rings. The first-order chi connectivity index (χ1) is 17.3. The van der Waals surface area contributed by atoms with Gasteiger partial charge in [-0.2, -0.15) is 0 Å². The first-order valence-electron chi connectivity index (χ1n) is 11.6. The molecule has 0 saturated heterocycles. The summed E-state index contributed by atoms with van der Waals surface area (Å²) < 4.78 is 28.0. The molecule has 4 nitrogen and oxygen atoms in total. The minimum atomic E-state index is -0.649. The van der Waals surface area contributed by atoms with Crippen molar-refractivity contribution >= 4 is 27.6 Å². The number of aromatic nitrogens is 4. The van der Waals surface area contributed by atoms with Gasteiger partial charge in [0, 0.05) is 44.4 Å². The van der Waals surface area contributed by atoms with Crippen molar-refractivity contribution in [1.82, 2.24) is 19.4 Å². The van der Waals surface area contributed by atoms with Crippen molar-refractivity contribution in [2.24, 2.45) is 5.41 Å². The summed E-state index contributed by atoms with van der Waals surface area (Å²) in [5.74, 6) is -0.228. The normalized spacial score (nSPS) is 11.3. The van der Waals surface area contributed by atoms with E-state index in [1.807, 2.05) is 24.3 Å². The van der Waals surface area contributed by atoms with Gasteiger partial charge in [0.05, 0.1) is 22.5 Å². The van der Waals surface area contributed by atoms with E-state index >= 15 is 0 Å². The van der Waals surface area contributed by atoms with Gasteiger partial charge in [-0.05, 0) is 34.8 Å². The van der Waals surface area contributed by atoms with Gasteiger partial charge in [-0.1, -0.05) is 62.1 Å². The van der Waals surface area contributed by atoms with E-state index < -0.39 is 11.6 Å². The van der Waals surface area contributed by atoms with Crippen LogP contribution in [0.1, 0.15) is 26.6 Å². The van der Waals surface area contributed by atoms with E-state index in [1.165, 1.54) is 0 Å². The molecule has 3 aromatic carbocycles. The third-order valence-electron chi connectivity index (χ3n) is 5.59. The molecule has 0 unspecified atom stereocenters. The number of para-hydroxylation sites is 2. The number of pyridine rings is 1. The Morgan fingerprint density at radius 1 is 0.892 bits per heavy atom. The molecule has 3 heterocycles. The fourth-order valence-corrected chi connectivity index (χ4v) is 4.09. The first-order valence-corrected chi connectivity index (χ1v) is 11.6. The maximum atomic E-state index is 13.2. The molecule has 0 aliphatic carbocycles. The Bertz CT molecular complexity index is 1670. The Hall–Kier alpha value is -3.54. The number of nitrogens with zero attached hydrogens (tertiary/aromatic N) is 4. The van der Waals surface area contributed by atoms with Crippen molar-refractivity contribution in [3.63, 3.8) is 0 Å². The van der Waals surface area contributed by atoms with Gasteiger partial charge in [0.25, 0.3) is 0 Å². The molecule has 0 bridgehead atoms. The first kappa shape index (κ1) is 26.5. The molecule has 189 valence electrons. The summed E-state index contributed by atoms with van der Waals surface area (Å²) in [7, 11) is 0. The molecular weight excluding hydrogens is 647 g/mol. The quantitative estimate of drug-likeness (QED) is 0.183. The number of rotatable bonds is 2. The van der Waals surface area contributed by atoms with E-state index in [1.54, 1.807) is 24.4 Å². The Morgan fingerprint density at radius 3 is 2.38 bits per heavy atom. The number of halogens is 2. The van der Waals surface area contributed by atoms with Crippen LogP contribution >= 0.6 is 0 Å². The van der Waals surface area contributed by atoms with E-state index in [2.05, 4.69) is 60.5 Å². The fourth-order valence-electron chi connectivity index (χ4n) is 4.09. The van der Waals surface area contributed by atoms with Crippen LogP contribution in [-0.4, -0.2) is 19.4 Å². The van der Waals surface area contributed by atoms with Gasteiger partial charge in [0.15, 0.2) is 0 Å². The van der Waals surface area contributed by atoms with Gasteiger partial charge in [-0.25, -0.2) is 0 Å². The second-order valence-electron chi connectivity index (χ2n) is 9.71. The number of imidazole rings is 1. The van der Waals surface area contributed by atoms with E-state index in [4.69, 9.17) is 9.97 Å². The van der Waals surface area contributed by atoms with Gasteiger partial charge in [0.2, 0.25) is 0 Å². The van der Waals surface area contributed by atoms with Crippen molar-refractivity contribution in [2.75, 3.05) is 0 Å². The van der Waals surface area contributed by atoms with Crippen LogP contribution in [0.3, 0.4) is 0 Å². The molecule has 3 aromatic heterocycles. The minimum absolute atomic E-state index is 0. The second kappa shape index (κ2) is 10.8. The molecule has 6 aromatic rings. The number of fused-ring (bicyclic) bond motifs is 5. The Kier molecular flexibility index (Phi) is 7.76. The van der Waals surface area contributed by atoms with Gasteiger partial charge < -0.3 is 9.38 Å². The minimum Gasteiger partial charge on any atom is -0.322 e. The predicted octanol–water partition coefficient (Wildman–Crippen LogP) is 7.25. The second-order valence-corrected chi connectivity index (χ2v) is 9.71. The van der Waals surface area contributed by atoms with Crippen molar-refractivity contribution in [1.29, 1.82) is 0 Å². The molecule has 0 amide bonds. The molecule has 1 radical (unpaired) electrons. The van der Waals surface area contributed by atoms with Crippen LogP contribution in [0.25, 0.3) is 38.8 Å². The Morgan fingerprint density at radius 2 is 1.65 bits per heavy atom. The zero-order chi connectivity index (χ0) is 25.3. The van der Waals surface area contributed by atoms with E-state index in [0.29, 0.717) is 5.69 Å². The topological polar surface area (TPSA) is 43.1 Å². The molecule has 0 aliphatic heterocycles. The maximum Gasteiger partial charge on any atom is 0.0966 e. The summed E-state index contributed by atoms with van der Waals surface area (Å²) in [5.41, 5.74) is 4.83. The smallest absolute Gasteiger partial charge is 0.0966 e. The third-order valence-corrected chi connectivity index (χ3v) is 5.59. The monoisotopic (exact) mass is 671 g/mol. The summed E-state index contributed by atoms with van der Waals surface area (Å²) in [6.45, 7) is 6.71. The van der Waals surface area contributed by atoms with Gasteiger partial charge >= 0.3 is 0 Å². The molecule has 0 spiro atoms. The number of hydrogen-bond donors (Lipinski definition) is 0. The summed E-state index contributed by atoms with van der Waals surface area (Å²) >= 11 is 0. The molecule has 37 heavy (non-hydrogen) atoms. The maximum absolute atomic E-state index is 13.2. The van der Waals surface area contributed by atoms with Crippen molar-refractivity contribution < 1.29 is 28.9 Å². The predicted molar refractivity (Wildman–Crippen MR) is 138 cm³/mol. The fraction of sp³-hybridized carbons (Fsp3) is 0.167. The third kappa shape index (κ3) is 5.74. The van der Waals surface area contributed by atoms with Crippen LogP contribution < -0.4 is 0 Å². The van der Waals surface area contributed by atoms with Gasteiger partial charge in [-0.15, -0.1) is 36.4 Å². The van der Waals surface area contributed by atoms with Crippen LogP contribution in [0.4, 0.5) is 8.78 Å². The van der Waals surface area contributed by atoms with Crippen LogP contribution in [-0.2, 0) is 26.5 Å². The van der Waals surface area contributed by atoms with Gasteiger partial charge in [-0.3, -0.25) is 18.7 Å². The summed E-state index contributed by atoms with van der Waals surface area (Å²) in [6.07, 6.45) is 2.45. The summed E-state index contributed by atoms with van der Waals surface area (Å²) in [4.78, 5) is 13.7. The number of benzene rings is 3. The molecule has 0 N–H and O–H groups in total. The van der Waals surface area contributed by atoms with E-state index in [0.717, 1.165) is 52.0 Å². The summed E-state index contributed by atoms with van der Waals surface area (Å²) in [6, 6.07) is 27.0. The van der Waals surface area contributed by atoms with Crippen molar-refractivity contribution in [2.45, 2.75) is 27.2 Å². The number of hydrogen-bond acceptors (Lipinski definition) is 3. The molecular formula is C30H24F2IrN4-2. The standard InChI is InChI=1S/C19H18N3.C11H6F2N.Ir/c1-19(2,3)12-17-20-14-9-5-4-8-13(14)18-21-15-10-6-7-11-16(15)22(17)18;12-8-4-5-9(10(13)7-8)11-3-1-2-6-14-11;/h4-7,9-11H,12H2,1-3H3;1-4,6-7H;/q2*-1;. The van der Waals surface area contributed by atoms with Crippen LogP contribution in [0.5, 0.6) is 0 Å². The van der Waals surface area contributed by atoms with E-state index in [9.17, 15) is 8.78 Å². The van der Waals surface area contributed by atoms with E-state index in [-0.39, 0.29) is 31.1 Å². The zero-order valence-electron chi connectivity index (χ0n) is 20.6. The average molecular weight is 671 g/mol. The molecule has 7 heteroatoms. The van der Waals surface area contributed by atoms with Gasteiger partial charge in [0.1, 0.15) is 0 Å². The molecule has 0 aliphatic rings. The zero-order valence-corrected chi connectivity index (χ0v) is 23.0. The SMILES string of the molecule is CC(C)(C)Cc1nc2ccc[c-]c2c2nc3ccccc3n12.Fc1c[c-]c(-c2ccccn2)c(F)c1.[Ir]. The summed E-state index contributed by atoms with van der Waals surface area (Å²) in [5, 5.41) is 0.983. The van der Waals surface area contributed by atoms with Crippen LogP contribution in [0.2, 0.25) is 0 Å². The Balaban J connectivity index is 0.000000186.